The molecule has 2 aromatic carbocycles. The van der Waals surface area contributed by atoms with Crippen molar-refractivity contribution in [3.05, 3.63) is 70.9 Å². The minimum atomic E-state index is -3.94. The summed E-state index contributed by atoms with van der Waals surface area (Å²) < 4.78 is 32.5. The lowest BCUT2D eigenvalue weighted by Crippen LogP contribution is -2.45. The zero-order valence-corrected chi connectivity index (χ0v) is 18.8. The van der Waals surface area contributed by atoms with Crippen LogP contribution in [0, 0.1) is 13.8 Å². The van der Waals surface area contributed by atoms with Gasteiger partial charge in [0.2, 0.25) is 11.8 Å². The van der Waals surface area contributed by atoms with Gasteiger partial charge in [-0.3, -0.25) is 19.3 Å². The van der Waals surface area contributed by atoms with Gasteiger partial charge in [0.25, 0.3) is 21.8 Å². The summed E-state index contributed by atoms with van der Waals surface area (Å²) in [7, 11) is -3.94. The lowest BCUT2D eigenvalue weighted by Gasteiger charge is -2.21. The van der Waals surface area contributed by atoms with E-state index in [-0.39, 0.29) is 21.9 Å². The first-order valence-electron chi connectivity index (χ1n) is 9.93. The van der Waals surface area contributed by atoms with Gasteiger partial charge in [0.05, 0.1) is 21.7 Å². The van der Waals surface area contributed by atoms with Gasteiger partial charge >= 0.3 is 0 Å². The molecule has 11 heteroatoms. The Balaban J connectivity index is 1.46. The van der Waals surface area contributed by atoms with Gasteiger partial charge in [-0.2, -0.15) is 0 Å². The molecule has 33 heavy (non-hydrogen) atoms. The quantitative estimate of drug-likeness (QED) is 0.530. The van der Waals surface area contributed by atoms with Crippen molar-refractivity contribution in [1.29, 1.82) is 0 Å². The molecule has 1 aromatic heterocycles. The summed E-state index contributed by atoms with van der Waals surface area (Å²) in [6, 6.07) is 10.7. The van der Waals surface area contributed by atoms with Crippen LogP contribution in [-0.2, 0) is 14.8 Å². The number of hydrogen-bond donors (Lipinski definition) is 2. The smallest absolute Gasteiger partial charge is 0.264 e. The Morgan fingerprint density at radius 2 is 1.58 bits per heavy atom. The van der Waals surface area contributed by atoms with Crippen LogP contribution in [0.5, 0.6) is 0 Å². The molecule has 0 radical (unpaired) electrons. The summed E-state index contributed by atoms with van der Waals surface area (Å²) in [5.74, 6) is -1.64. The van der Waals surface area contributed by atoms with E-state index < -0.39 is 33.8 Å². The van der Waals surface area contributed by atoms with E-state index in [0.717, 1.165) is 4.90 Å². The Morgan fingerprint density at radius 1 is 1.00 bits per heavy atom. The van der Waals surface area contributed by atoms with Gasteiger partial charge in [0, 0.05) is 11.3 Å². The fourth-order valence-corrected chi connectivity index (χ4v) is 4.38. The molecule has 0 fully saturated rings. The third kappa shape index (κ3) is 3.98. The van der Waals surface area contributed by atoms with Gasteiger partial charge in [-0.25, -0.2) is 13.1 Å². The number of nitrogens with one attached hydrogen (secondary N) is 2. The van der Waals surface area contributed by atoms with Crippen LogP contribution < -0.4 is 10.0 Å². The first kappa shape index (κ1) is 22.2. The number of anilines is 2. The molecule has 2 N–H and O–H groups in total. The summed E-state index contributed by atoms with van der Waals surface area (Å²) in [5, 5.41) is 6.31. The zero-order chi connectivity index (χ0) is 23.9. The average molecular weight is 468 g/mol. The molecular formula is C22H20N4O6S. The fourth-order valence-electron chi connectivity index (χ4n) is 3.33. The molecule has 0 aliphatic carbocycles. The molecule has 170 valence electrons. The number of fused-ring (bicyclic) bond motifs is 1. The Labute approximate surface area is 189 Å². The maximum atomic E-state index is 12.7. The van der Waals surface area contributed by atoms with Crippen molar-refractivity contribution in [2.45, 2.75) is 31.7 Å². The molecule has 10 nitrogen and oxygen atoms in total. The number of imide groups is 1. The monoisotopic (exact) mass is 468 g/mol. The standard InChI is InChI=1S/C22H20N4O6S/c1-12-13(2)24-32-20(12)25-33(30,31)16-10-8-15(9-11-16)23-19(27)14(3)26-21(28)17-6-4-5-7-18(17)22(26)29/h4-11,14,25H,1-3H3,(H,23,27). The third-order valence-corrected chi connectivity index (χ3v) is 6.76. The van der Waals surface area contributed by atoms with Crippen LogP contribution in [0.15, 0.2) is 57.9 Å². The number of carbonyl (C=O) groups is 3. The van der Waals surface area contributed by atoms with Crippen LogP contribution in [0.4, 0.5) is 11.6 Å². The topological polar surface area (TPSA) is 139 Å². The van der Waals surface area contributed by atoms with Gasteiger partial charge in [-0.15, -0.1) is 0 Å². The second kappa shape index (κ2) is 8.17. The van der Waals surface area contributed by atoms with Crippen molar-refractivity contribution in [3.8, 4) is 0 Å². The average Bonchev–Trinajstić information content (AvgIpc) is 3.24. The lowest BCUT2D eigenvalue weighted by molar-refractivity contribution is -0.119. The van der Waals surface area contributed by atoms with Crippen LogP contribution in [0.25, 0.3) is 0 Å². The SMILES string of the molecule is Cc1noc(NS(=O)(=O)c2ccc(NC(=O)C(C)N3C(=O)c4ccccc4C3=O)cc2)c1C. The largest absolute Gasteiger partial charge is 0.337 e. The summed E-state index contributed by atoms with van der Waals surface area (Å²) in [6.45, 7) is 4.82. The number of nitrogens with zero attached hydrogens (tertiary/aromatic N) is 2. The van der Waals surface area contributed by atoms with Gasteiger partial charge in [-0.1, -0.05) is 17.3 Å². The molecule has 3 aromatic rings. The number of carbonyl (C=O) groups excluding carboxylic acids is 3. The number of hydrogen-bond acceptors (Lipinski definition) is 7. The molecule has 1 aliphatic rings. The van der Waals surface area contributed by atoms with Crippen LogP contribution >= 0.6 is 0 Å². The van der Waals surface area contributed by atoms with Crippen LogP contribution in [0.1, 0.15) is 38.9 Å². The highest BCUT2D eigenvalue weighted by atomic mass is 32.2. The summed E-state index contributed by atoms with van der Waals surface area (Å²) >= 11 is 0. The predicted molar refractivity (Wildman–Crippen MR) is 118 cm³/mol. The van der Waals surface area contributed by atoms with Gasteiger partial charge in [0.15, 0.2) is 0 Å². The van der Waals surface area contributed by atoms with E-state index in [1.165, 1.54) is 43.3 Å². The van der Waals surface area contributed by atoms with Gasteiger partial charge in [0.1, 0.15) is 6.04 Å². The second-order valence-electron chi connectivity index (χ2n) is 7.54. The van der Waals surface area contributed by atoms with Gasteiger partial charge < -0.3 is 9.84 Å². The van der Waals surface area contributed by atoms with Crippen molar-refractivity contribution >= 4 is 39.3 Å². The molecule has 0 bridgehead atoms. The Bertz CT molecular complexity index is 1340. The predicted octanol–water partition coefficient (Wildman–Crippen LogP) is 2.72. The minimum Gasteiger partial charge on any atom is -0.337 e. The van der Waals surface area contributed by atoms with E-state index >= 15 is 0 Å². The van der Waals surface area contributed by atoms with Crippen LogP contribution in [-0.4, -0.2) is 42.2 Å². The van der Waals surface area contributed by atoms with E-state index in [1.54, 1.807) is 26.0 Å². The lowest BCUT2D eigenvalue weighted by atomic mass is 10.1. The van der Waals surface area contributed by atoms with E-state index in [9.17, 15) is 22.8 Å². The molecule has 1 aliphatic heterocycles. The maximum Gasteiger partial charge on any atom is 0.264 e. The molecule has 2 heterocycles. The Kier molecular flexibility index (Phi) is 5.50. The first-order chi connectivity index (χ1) is 15.6. The second-order valence-corrected chi connectivity index (χ2v) is 9.23. The number of aromatic nitrogens is 1. The number of rotatable bonds is 6. The fraction of sp³-hybridized carbons (Fsp3) is 0.182. The molecule has 1 atom stereocenters. The number of sulfonamides is 1. The summed E-state index contributed by atoms with van der Waals surface area (Å²) in [4.78, 5) is 38.7. The van der Waals surface area contributed by atoms with E-state index in [2.05, 4.69) is 15.2 Å². The van der Waals surface area contributed by atoms with E-state index in [0.29, 0.717) is 16.9 Å². The number of benzene rings is 2. The molecule has 0 spiro atoms. The van der Waals surface area contributed by atoms with Crippen molar-refractivity contribution in [2.75, 3.05) is 10.0 Å². The van der Waals surface area contributed by atoms with Crippen molar-refractivity contribution in [3.63, 3.8) is 0 Å². The molecular weight excluding hydrogens is 448 g/mol. The number of aryl methyl sites for hydroxylation is 1. The van der Waals surface area contributed by atoms with Gasteiger partial charge in [-0.05, 0) is 57.2 Å². The first-order valence-corrected chi connectivity index (χ1v) is 11.4. The molecule has 0 saturated carbocycles. The highest BCUT2D eigenvalue weighted by Gasteiger charge is 2.40. The molecule has 1 unspecified atom stereocenters. The zero-order valence-electron chi connectivity index (χ0n) is 17.9. The number of amides is 3. The molecule has 4 rings (SSSR count). The Morgan fingerprint density at radius 3 is 2.09 bits per heavy atom. The van der Waals surface area contributed by atoms with E-state index in [1.807, 2.05) is 0 Å². The van der Waals surface area contributed by atoms with Crippen molar-refractivity contribution in [2.24, 2.45) is 0 Å². The normalized spacial score (nSPS) is 14.2. The van der Waals surface area contributed by atoms with Crippen molar-refractivity contribution < 1.29 is 27.3 Å². The van der Waals surface area contributed by atoms with E-state index in [4.69, 9.17) is 4.52 Å². The maximum absolute atomic E-state index is 12.7. The summed E-state index contributed by atoms with van der Waals surface area (Å²) in [6.07, 6.45) is 0. The van der Waals surface area contributed by atoms with Crippen LogP contribution in [0.3, 0.4) is 0 Å². The highest BCUT2D eigenvalue weighted by Crippen LogP contribution is 2.26. The minimum absolute atomic E-state index is 0.0275. The highest BCUT2D eigenvalue weighted by molar-refractivity contribution is 7.92. The third-order valence-electron chi connectivity index (χ3n) is 5.41. The Hall–Kier alpha value is -3.99. The molecule has 3 amide bonds. The summed E-state index contributed by atoms with van der Waals surface area (Å²) in [5.41, 5.74) is 1.94. The molecule has 0 saturated heterocycles. The van der Waals surface area contributed by atoms with Crippen LogP contribution in [0.2, 0.25) is 0 Å². The van der Waals surface area contributed by atoms with Crippen molar-refractivity contribution in [1.82, 2.24) is 10.1 Å².